The first-order chi connectivity index (χ1) is 12.3. The van der Waals surface area contributed by atoms with Crippen LogP contribution in [0.2, 0.25) is 0 Å². The molecule has 0 radical (unpaired) electrons. The second-order valence-corrected chi connectivity index (χ2v) is 5.48. The molecule has 0 unspecified atom stereocenters. The highest BCUT2D eigenvalue weighted by atomic mass is 19.4. The molecule has 0 amide bonds. The van der Waals surface area contributed by atoms with Gasteiger partial charge >= 0.3 is 6.18 Å². The summed E-state index contributed by atoms with van der Waals surface area (Å²) in [4.78, 5) is 12.4. The molecule has 0 atom stereocenters. The van der Waals surface area contributed by atoms with E-state index >= 15 is 0 Å². The Labute approximate surface area is 146 Å². The predicted molar refractivity (Wildman–Crippen MR) is 89.8 cm³/mol. The second-order valence-electron chi connectivity index (χ2n) is 5.48. The summed E-state index contributed by atoms with van der Waals surface area (Å²) in [6, 6.07) is 10.9. The van der Waals surface area contributed by atoms with Gasteiger partial charge in [0.05, 0.1) is 12.7 Å². The third-order valence-electron chi connectivity index (χ3n) is 3.81. The van der Waals surface area contributed by atoms with Crippen LogP contribution in [0, 0.1) is 0 Å². The molecule has 8 heteroatoms. The quantitative estimate of drug-likeness (QED) is 0.769. The standard InChI is InChI=1S/C18H14F3N3O2/c1-26-14-8-4-11(5-9-14)15-10-24(23-16(15)22)17(25)12-2-6-13(7-3-12)18(19,20)21/h2-10H,1H3,(H2,22,23). The van der Waals surface area contributed by atoms with Gasteiger partial charge in [-0.05, 0) is 42.0 Å². The number of hydrogen-bond acceptors (Lipinski definition) is 4. The fourth-order valence-electron chi connectivity index (χ4n) is 2.42. The molecule has 2 N–H and O–H groups in total. The van der Waals surface area contributed by atoms with Crippen LogP contribution in [-0.2, 0) is 6.18 Å². The molecule has 1 aromatic heterocycles. The maximum atomic E-state index is 12.6. The van der Waals surface area contributed by atoms with Crippen molar-refractivity contribution in [2.75, 3.05) is 12.8 Å². The van der Waals surface area contributed by atoms with Crippen LogP contribution in [0.4, 0.5) is 19.0 Å². The first-order valence-corrected chi connectivity index (χ1v) is 7.51. The molecule has 0 spiro atoms. The molecule has 3 rings (SSSR count). The highest BCUT2D eigenvalue weighted by Gasteiger charge is 2.30. The lowest BCUT2D eigenvalue weighted by atomic mass is 10.1. The molecule has 26 heavy (non-hydrogen) atoms. The van der Waals surface area contributed by atoms with Crippen LogP contribution in [-0.4, -0.2) is 22.8 Å². The number of nitrogens with zero attached hydrogens (tertiary/aromatic N) is 2. The van der Waals surface area contributed by atoms with E-state index in [9.17, 15) is 18.0 Å². The van der Waals surface area contributed by atoms with Crippen LogP contribution in [0.1, 0.15) is 15.9 Å². The number of aromatic nitrogens is 2. The van der Waals surface area contributed by atoms with Gasteiger partial charge in [-0.1, -0.05) is 12.1 Å². The van der Waals surface area contributed by atoms with Crippen molar-refractivity contribution in [3.63, 3.8) is 0 Å². The number of halogens is 3. The number of rotatable bonds is 3. The minimum atomic E-state index is -4.46. The molecule has 0 aliphatic heterocycles. The van der Waals surface area contributed by atoms with E-state index in [4.69, 9.17) is 10.5 Å². The number of benzene rings is 2. The van der Waals surface area contributed by atoms with Crippen LogP contribution in [0.25, 0.3) is 11.1 Å². The van der Waals surface area contributed by atoms with Gasteiger partial charge in [-0.25, -0.2) is 4.68 Å². The largest absolute Gasteiger partial charge is 0.497 e. The highest BCUT2D eigenvalue weighted by Crippen LogP contribution is 2.30. The summed E-state index contributed by atoms with van der Waals surface area (Å²) in [6.45, 7) is 0. The third-order valence-corrected chi connectivity index (χ3v) is 3.81. The number of anilines is 1. The van der Waals surface area contributed by atoms with E-state index in [-0.39, 0.29) is 11.4 Å². The van der Waals surface area contributed by atoms with E-state index in [1.165, 1.54) is 6.20 Å². The van der Waals surface area contributed by atoms with Crippen LogP contribution in [0.5, 0.6) is 5.75 Å². The van der Waals surface area contributed by atoms with Crippen molar-refractivity contribution in [2.24, 2.45) is 0 Å². The molecule has 0 aliphatic rings. The van der Waals surface area contributed by atoms with E-state index in [0.717, 1.165) is 34.5 Å². The lowest BCUT2D eigenvalue weighted by Crippen LogP contribution is -2.13. The summed E-state index contributed by atoms with van der Waals surface area (Å²) >= 11 is 0. The van der Waals surface area contributed by atoms with Gasteiger partial charge in [0.1, 0.15) is 5.75 Å². The van der Waals surface area contributed by atoms with Gasteiger partial charge in [-0.15, -0.1) is 5.10 Å². The molecule has 0 fully saturated rings. The van der Waals surface area contributed by atoms with E-state index < -0.39 is 17.6 Å². The maximum absolute atomic E-state index is 12.6. The van der Waals surface area contributed by atoms with Crippen molar-refractivity contribution >= 4 is 11.7 Å². The molecule has 3 aromatic rings. The number of hydrogen-bond donors (Lipinski definition) is 1. The Morgan fingerprint density at radius 2 is 1.69 bits per heavy atom. The number of nitrogen functional groups attached to an aromatic ring is 1. The summed E-state index contributed by atoms with van der Waals surface area (Å²) in [6.07, 6.45) is -3.02. The highest BCUT2D eigenvalue weighted by molar-refractivity contribution is 5.96. The van der Waals surface area contributed by atoms with Gasteiger partial charge in [0.2, 0.25) is 0 Å². The van der Waals surface area contributed by atoms with Crippen LogP contribution in [0.15, 0.2) is 54.7 Å². The molecule has 134 valence electrons. The molecule has 0 aliphatic carbocycles. The lowest BCUT2D eigenvalue weighted by Gasteiger charge is -2.07. The van der Waals surface area contributed by atoms with E-state index in [0.29, 0.717) is 11.3 Å². The zero-order chi connectivity index (χ0) is 18.9. The van der Waals surface area contributed by atoms with Crippen molar-refractivity contribution in [3.8, 4) is 16.9 Å². The average molecular weight is 361 g/mol. The Kier molecular flexibility index (Phi) is 4.41. The molecule has 2 aromatic carbocycles. The van der Waals surface area contributed by atoms with Gasteiger partial charge in [0.15, 0.2) is 5.82 Å². The third kappa shape index (κ3) is 3.39. The van der Waals surface area contributed by atoms with Crippen LogP contribution >= 0.6 is 0 Å². The van der Waals surface area contributed by atoms with Gasteiger partial charge < -0.3 is 10.5 Å². The number of carbonyl (C=O) groups excluding carboxylic acids is 1. The molecule has 1 heterocycles. The topological polar surface area (TPSA) is 70.1 Å². The fraction of sp³-hybridized carbons (Fsp3) is 0.111. The molecular formula is C18H14F3N3O2. The monoisotopic (exact) mass is 361 g/mol. The number of carbonyl (C=O) groups is 1. The Morgan fingerprint density at radius 1 is 1.08 bits per heavy atom. The Bertz CT molecular complexity index is 930. The van der Waals surface area contributed by atoms with E-state index in [2.05, 4.69) is 5.10 Å². The summed E-state index contributed by atoms with van der Waals surface area (Å²) in [5.74, 6) is 0.223. The summed E-state index contributed by atoms with van der Waals surface area (Å²) in [5, 5.41) is 3.97. The molecule has 0 saturated heterocycles. The summed E-state index contributed by atoms with van der Waals surface area (Å²) in [5.41, 5.74) is 6.39. The van der Waals surface area contributed by atoms with E-state index in [1.54, 1.807) is 31.4 Å². The second kappa shape index (κ2) is 6.55. The van der Waals surface area contributed by atoms with Gasteiger partial charge in [0, 0.05) is 17.3 Å². The SMILES string of the molecule is COc1ccc(-c2cn(C(=O)c3ccc(C(F)(F)F)cc3)nc2N)cc1. The first-order valence-electron chi connectivity index (χ1n) is 7.51. The fourth-order valence-corrected chi connectivity index (χ4v) is 2.42. The lowest BCUT2D eigenvalue weighted by molar-refractivity contribution is -0.137. The van der Waals surface area contributed by atoms with Crippen molar-refractivity contribution in [1.29, 1.82) is 0 Å². The Hall–Kier alpha value is -3.29. The Balaban J connectivity index is 1.89. The molecule has 0 bridgehead atoms. The van der Waals surface area contributed by atoms with Crippen LogP contribution < -0.4 is 10.5 Å². The summed E-state index contributed by atoms with van der Waals surface area (Å²) in [7, 11) is 1.55. The summed E-state index contributed by atoms with van der Waals surface area (Å²) < 4.78 is 43.9. The molecule has 0 saturated carbocycles. The van der Waals surface area contributed by atoms with Crippen LogP contribution in [0.3, 0.4) is 0 Å². The van der Waals surface area contributed by atoms with Crippen molar-refractivity contribution in [1.82, 2.24) is 9.78 Å². The number of methoxy groups -OCH3 is 1. The van der Waals surface area contributed by atoms with Crippen molar-refractivity contribution in [2.45, 2.75) is 6.18 Å². The number of ether oxygens (including phenoxy) is 1. The molecular weight excluding hydrogens is 347 g/mol. The van der Waals surface area contributed by atoms with Crippen molar-refractivity contribution < 1.29 is 22.7 Å². The number of nitrogens with two attached hydrogens (primary N) is 1. The van der Waals surface area contributed by atoms with Crippen molar-refractivity contribution in [3.05, 3.63) is 65.9 Å². The smallest absolute Gasteiger partial charge is 0.416 e. The minimum Gasteiger partial charge on any atom is -0.497 e. The first kappa shape index (κ1) is 17.5. The van der Waals surface area contributed by atoms with Gasteiger partial charge in [-0.3, -0.25) is 4.79 Å². The zero-order valence-electron chi connectivity index (χ0n) is 13.6. The van der Waals surface area contributed by atoms with Gasteiger partial charge in [-0.2, -0.15) is 13.2 Å². The molecule has 5 nitrogen and oxygen atoms in total. The maximum Gasteiger partial charge on any atom is 0.416 e. The van der Waals surface area contributed by atoms with E-state index in [1.807, 2.05) is 0 Å². The minimum absolute atomic E-state index is 0.0711. The predicted octanol–water partition coefficient (Wildman–Crippen LogP) is 3.85. The Morgan fingerprint density at radius 3 is 2.23 bits per heavy atom. The number of alkyl halides is 3. The average Bonchev–Trinajstić information content (AvgIpc) is 3.02. The normalized spacial score (nSPS) is 11.4. The zero-order valence-corrected chi connectivity index (χ0v) is 13.6. The van der Waals surface area contributed by atoms with Gasteiger partial charge in [0.25, 0.3) is 5.91 Å².